The number of esters is 1. The minimum Gasteiger partial charge on any atom is -0.467 e. The van der Waals surface area contributed by atoms with Gasteiger partial charge in [0.25, 0.3) is 0 Å². The van der Waals surface area contributed by atoms with Crippen LogP contribution in [-0.2, 0) is 16.0 Å². The Balaban J connectivity index is 2.00. The molecule has 0 aliphatic carbocycles. The van der Waals surface area contributed by atoms with Crippen LogP contribution < -0.4 is 5.32 Å². The Morgan fingerprint density at radius 3 is 2.42 bits per heavy atom. The lowest BCUT2D eigenvalue weighted by molar-refractivity contribution is -0.142. The summed E-state index contributed by atoms with van der Waals surface area (Å²) in [6, 6.07) is 16.2. The number of carbonyl (C=O) groups excluding carboxylic acids is 2. The van der Waals surface area contributed by atoms with Crippen LogP contribution in [-0.4, -0.2) is 24.9 Å². The molecule has 0 amide bonds. The van der Waals surface area contributed by atoms with Gasteiger partial charge in [0, 0.05) is 28.7 Å². The second kappa shape index (κ2) is 9.03. The van der Waals surface area contributed by atoms with Crippen LogP contribution in [0.15, 0.2) is 71.3 Å². The Kier molecular flexibility index (Phi) is 6.75. The zero-order valence-corrected chi connectivity index (χ0v) is 14.8. The van der Waals surface area contributed by atoms with E-state index in [9.17, 15) is 9.59 Å². The zero-order valence-electron chi connectivity index (χ0n) is 13.2. The molecule has 0 aliphatic rings. The molecule has 0 radical (unpaired) electrons. The summed E-state index contributed by atoms with van der Waals surface area (Å²) in [5.41, 5.74) is 1.59. The summed E-state index contributed by atoms with van der Waals surface area (Å²) in [5.74, 6) is -0.516. The number of hydrogen-bond donors (Lipinski definition) is 1. The fourth-order valence-corrected chi connectivity index (χ4v) is 2.42. The molecule has 124 valence electrons. The number of carbonyl (C=O) groups is 2. The molecule has 4 nitrogen and oxygen atoms in total. The molecule has 0 saturated carbocycles. The quantitative estimate of drug-likeness (QED) is 0.448. The van der Waals surface area contributed by atoms with Gasteiger partial charge in [0.2, 0.25) is 0 Å². The number of nitrogens with one attached hydrogen (secondary N) is 1. The van der Waals surface area contributed by atoms with Crippen molar-refractivity contribution in [2.24, 2.45) is 0 Å². The number of benzene rings is 2. The number of ketones is 1. The number of ether oxygens (including phenoxy) is 1. The second-order valence-electron chi connectivity index (χ2n) is 5.14. The van der Waals surface area contributed by atoms with Crippen molar-refractivity contribution in [2.45, 2.75) is 12.5 Å². The van der Waals surface area contributed by atoms with Gasteiger partial charge < -0.3 is 10.1 Å². The molecule has 1 N–H and O–H groups in total. The molecule has 0 saturated heterocycles. The average molecular weight is 388 g/mol. The highest BCUT2D eigenvalue weighted by Gasteiger charge is 2.17. The van der Waals surface area contributed by atoms with Gasteiger partial charge >= 0.3 is 5.97 Å². The molecule has 0 bridgehead atoms. The van der Waals surface area contributed by atoms with E-state index in [4.69, 9.17) is 4.74 Å². The number of allylic oxidation sites excluding steroid dienone is 1. The summed E-state index contributed by atoms with van der Waals surface area (Å²) in [4.78, 5) is 24.0. The van der Waals surface area contributed by atoms with Gasteiger partial charge in [-0.15, -0.1) is 0 Å². The molecule has 0 aliphatic heterocycles. The summed E-state index contributed by atoms with van der Waals surface area (Å²) in [6.07, 6.45) is 3.38. The van der Waals surface area contributed by atoms with Crippen molar-refractivity contribution in [3.63, 3.8) is 0 Å². The highest BCUT2D eigenvalue weighted by atomic mass is 79.9. The molecule has 0 aromatic heterocycles. The molecular weight excluding hydrogens is 370 g/mol. The molecule has 0 heterocycles. The number of rotatable bonds is 7. The minimum atomic E-state index is -0.550. The molecule has 0 fully saturated rings. The fourth-order valence-electron chi connectivity index (χ4n) is 2.15. The van der Waals surface area contributed by atoms with Crippen molar-refractivity contribution in [1.82, 2.24) is 5.32 Å². The Labute approximate surface area is 149 Å². The minimum absolute atomic E-state index is 0.140. The molecule has 2 aromatic carbocycles. The lowest BCUT2D eigenvalue weighted by atomic mass is 10.1. The van der Waals surface area contributed by atoms with Crippen molar-refractivity contribution in [3.8, 4) is 0 Å². The van der Waals surface area contributed by atoms with Gasteiger partial charge in [-0.3, -0.25) is 4.79 Å². The Morgan fingerprint density at radius 1 is 1.12 bits per heavy atom. The van der Waals surface area contributed by atoms with E-state index in [1.165, 1.54) is 19.4 Å². The van der Waals surface area contributed by atoms with Gasteiger partial charge in [0.05, 0.1) is 7.11 Å². The summed E-state index contributed by atoms with van der Waals surface area (Å²) in [7, 11) is 1.35. The third-order valence-corrected chi connectivity index (χ3v) is 3.96. The third kappa shape index (κ3) is 5.35. The van der Waals surface area contributed by atoms with Crippen molar-refractivity contribution in [3.05, 3.63) is 82.5 Å². The fraction of sp³-hybridized carbons (Fsp3) is 0.158. The van der Waals surface area contributed by atoms with Crippen LogP contribution >= 0.6 is 15.9 Å². The highest BCUT2D eigenvalue weighted by Crippen LogP contribution is 2.11. The van der Waals surface area contributed by atoms with E-state index in [2.05, 4.69) is 21.2 Å². The predicted octanol–water partition coefficient (Wildman–Crippen LogP) is 3.52. The van der Waals surface area contributed by atoms with Crippen LogP contribution in [0.25, 0.3) is 0 Å². The summed E-state index contributed by atoms with van der Waals surface area (Å²) in [5, 5.41) is 2.95. The second-order valence-corrected chi connectivity index (χ2v) is 6.05. The molecule has 0 spiro atoms. The SMILES string of the molecule is COC(=O)C(Cc1ccccc1)N/C=C\C(=O)c1ccc(Br)cc1. The van der Waals surface area contributed by atoms with Gasteiger partial charge in [-0.05, 0) is 29.8 Å². The normalized spacial score (nSPS) is 11.9. The summed E-state index contributed by atoms with van der Waals surface area (Å²) >= 11 is 3.33. The highest BCUT2D eigenvalue weighted by molar-refractivity contribution is 9.10. The van der Waals surface area contributed by atoms with Crippen LogP contribution in [0, 0.1) is 0 Å². The van der Waals surface area contributed by atoms with Crippen molar-refractivity contribution in [2.75, 3.05) is 7.11 Å². The molecule has 1 unspecified atom stereocenters. The number of methoxy groups -OCH3 is 1. The van der Waals surface area contributed by atoms with Crippen LogP contribution in [0.1, 0.15) is 15.9 Å². The zero-order chi connectivity index (χ0) is 17.4. The molecule has 24 heavy (non-hydrogen) atoms. The Hall–Kier alpha value is -2.40. The van der Waals surface area contributed by atoms with E-state index in [0.29, 0.717) is 12.0 Å². The maximum atomic E-state index is 12.1. The molecule has 2 rings (SSSR count). The lowest BCUT2D eigenvalue weighted by Gasteiger charge is -2.14. The molecular formula is C19H18BrNO3. The van der Waals surface area contributed by atoms with E-state index < -0.39 is 6.04 Å². The van der Waals surface area contributed by atoms with Crippen LogP contribution in [0.5, 0.6) is 0 Å². The van der Waals surface area contributed by atoms with Crippen LogP contribution in [0.3, 0.4) is 0 Å². The first-order chi connectivity index (χ1) is 11.6. The number of halogens is 1. The first kappa shape index (κ1) is 17.9. The molecule has 1 atom stereocenters. The van der Waals surface area contributed by atoms with Gasteiger partial charge in [-0.1, -0.05) is 46.3 Å². The van der Waals surface area contributed by atoms with Crippen molar-refractivity contribution >= 4 is 27.7 Å². The standard InChI is InChI=1S/C19H18BrNO3/c1-24-19(23)17(13-14-5-3-2-4-6-14)21-12-11-18(22)15-7-9-16(20)10-8-15/h2-12,17,21H,13H2,1H3/b12-11-. The molecule has 5 heteroatoms. The van der Waals surface area contributed by atoms with Crippen molar-refractivity contribution in [1.29, 1.82) is 0 Å². The maximum absolute atomic E-state index is 12.1. The summed E-state index contributed by atoms with van der Waals surface area (Å²) in [6.45, 7) is 0. The molecule has 2 aromatic rings. The Bertz CT molecular complexity index is 711. The van der Waals surface area contributed by atoms with E-state index >= 15 is 0 Å². The van der Waals surface area contributed by atoms with Crippen LogP contribution in [0.2, 0.25) is 0 Å². The summed E-state index contributed by atoms with van der Waals surface area (Å²) < 4.78 is 5.73. The topological polar surface area (TPSA) is 55.4 Å². The monoisotopic (exact) mass is 387 g/mol. The Morgan fingerprint density at radius 2 is 1.79 bits per heavy atom. The van der Waals surface area contributed by atoms with Gasteiger partial charge in [0.1, 0.15) is 6.04 Å². The van der Waals surface area contributed by atoms with Gasteiger partial charge in [-0.2, -0.15) is 0 Å². The predicted molar refractivity (Wildman–Crippen MR) is 96.7 cm³/mol. The maximum Gasteiger partial charge on any atom is 0.328 e. The average Bonchev–Trinajstić information content (AvgIpc) is 2.61. The van der Waals surface area contributed by atoms with E-state index in [1.54, 1.807) is 24.3 Å². The number of hydrogen-bond acceptors (Lipinski definition) is 4. The first-order valence-electron chi connectivity index (χ1n) is 7.44. The van der Waals surface area contributed by atoms with Gasteiger partial charge in [0.15, 0.2) is 5.78 Å². The van der Waals surface area contributed by atoms with E-state index in [-0.39, 0.29) is 11.8 Å². The smallest absolute Gasteiger partial charge is 0.328 e. The van der Waals surface area contributed by atoms with E-state index in [0.717, 1.165) is 10.0 Å². The largest absolute Gasteiger partial charge is 0.467 e. The first-order valence-corrected chi connectivity index (χ1v) is 8.23. The van der Waals surface area contributed by atoms with E-state index in [1.807, 2.05) is 30.3 Å². The third-order valence-electron chi connectivity index (χ3n) is 3.43. The lowest BCUT2D eigenvalue weighted by Crippen LogP contribution is -2.36. The van der Waals surface area contributed by atoms with Gasteiger partial charge in [-0.25, -0.2) is 4.79 Å². The van der Waals surface area contributed by atoms with Crippen LogP contribution in [0.4, 0.5) is 0 Å². The van der Waals surface area contributed by atoms with Crippen molar-refractivity contribution < 1.29 is 14.3 Å².